The molecular formula is C20H25NO4S. The second-order valence-corrected chi connectivity index (χ2v) is 9.29. The van der Waals surface area contributed by atoms with Gasteiger partial charge in [0, 0.05) is 13.6 Å². The molecule has 3 rings (SSSR count). The third-order valence-corrected chi connectivity index (χ3v) is 6.49. The molecule has 0 saturated carbocycles. The molecule has 2 aromatic rings. The first-order chi connectivity index (χ1) is 12.2. The second kappa shape index (κ2) is 6.93. The van der Waals surface area contributed by atoms with Crippen molar-refractivity contribution < 1.29 is 17.9 Å². The van der Waals surface area contributed by atoms with E-state index >= 15 is 0 Å². The van der Waals surface area contributed by atoms with E-state index in [-0.39, 0.29) is 5.60 Å². The van der Waals surface area contributed by atoms with Crippen molar-refractivity contribution in [2.75, 3.05) is 14.2 Å². The molecule has 0 atom stereocenters. The van der Waals surface area contributed by atoms with Crippen LogP contribution in [0.5, 0.6) is 11.5 Å². The number of fused-ring (bicyclic) bond motifs is 1. The highest BCUT2D eigenvalue weighted by Gasteiger charge is 2.28. The van der Waals surface area contributed by atoms with Gasteiger partial charge in [-0.15, -0.1) is 0 Å². The number of sulfonamides is 1. The summed E-state index contributed by atoms with van der Waals surface area (Å²) in [6.45, 7) is 4.39. The standard InChI is InChI=1S/C20H25NO4S/c1-20(2)12-11-16-13-18(9-10-19(16)25-20)26(22,23)21(3)14-15-5-7-17(24-4)8-6-15/h5-10,13H,11-12,14H2,1-4H3. The Hall–Kier alpha value is -2.05. The fourth-order valence-electron chi connectivity index (χ4n) is 3.05. The molecule has 0 aliphatic carbocycles. The molecule has 2 aromatic carbocycles. The van der Waals surface area contributed by atoms with Crippen LogP contribution in [-0.2, 0) is 23.0 Å². The van der Waals surface area contributed by atoms with E-state index in [1.54, 1.807) is 32.4 Å². The summed E-state index contributed by atoms with van der Waals surface area (Å²) < 4.78 is 38.3. The lowest BCUT2D eigenvalue weighted by molar-refractivity contribution is 0.0845. The van der Waals surface area contributed by atoms with E-state index in [1.165, 1.54) is 4.31 Å². The molecule has 0 fully saturated rings. The summed E-state index contributed by atoms with van der Waals surface area (Å²) in [7, 11) is -0.369. The zero-order chi connectivity index (χ0) is 18.9. The van der Waals surface area contributed by atoms with Gasteiger partial charge < -0.3 is 9.47 Å². The summed E-state index contributed by atoms with van der Waals surface area (Å²) in [6, 6.07) is 12.5. The average molecular weight is 375 g/mol. The van der Waals surface area contributed by atoms with Crippen molar-refractivity contribution in [2.24, 2.45) is 0 Å². The largest absolute Gasteiger partial charge is 0.497 e. The first-order valence-corrected chi connectivity index (χ1v) is 10.1. The zero-order valence-electron chi connectivity index (χ0n) is 15.7. The number of nitrogens with zero attached hydrogens (tertiary/aromatic N) is 1. The normalized spacial score (nSPS) is 16.0. The van der Waals surface area contributed by atoms with Crippen LogP contribution >= 0.6 is 0 Å². The van der Waals surface area contributed by atoms with Crippen LogP contribution in [0.3, 0.4) is 0 Å². The van der Waals surface area contributed by atoms with Crippen LogP contribution in [0.15, 0.2) is 47.4 Å². The quantitative estimate of drug-likeness (QED) is 0.801. The molecule has 0 bridgehead atoms. The predicted octanol–water partition coefficient (Wildman–Crippen LogP) is 3.62. The number of rotatable bonds is 5. The van der Waals surface area contributed by atoms with Crippen LogP contribution in [0.4, 0.5) is 0 Å². The van der Waals surface area contributed by atoms with Crippen LogP contribution < -0.4 is 9.47 Å². The van der Waals surface area contributed by atoms with E-state index < -0.39 is 10.0 Å². The molecule has 0 spiro atoms. The highest BCUT2D eigenvalue weighted by atomic mass is 32.2. The summed E-state index contributed by atoms with van der Waals surface area (Å²) in [4.78, 5) is 0.301. The minimum atomic E-state index is -3.57. The van der Waals surface area contributed by atoms with Crippen molar-refractivity contribution in [3.05, 3.63) is 53.6 Å². The van der Waals surface area contributed by atoms with Gasteiger partial charge >= 0.3 is 0 Å². The van der Waals surface area contributed by atoms with Gasteiger partial charge in [-0.25, -0.2) is 8.42 Å². The lowest BCUT2D eigenvalue weighted by atomic mass is 9.94. The molecule has 140 valence electrons. The van der Waals surface area contributed by atoms with Gasteiger partial charge in [0.15, 0.2) is 0 Å². The van der Waals surface area contributed by atoms with Gasteiger partial charge in [-0.2, -0.15) is 4.31 Å². The van der Waals surface area contributed by atoms with Crippen molar-refractivity contribution in [1.29, 1.82) is 0 Å². The van der Waals surface area contributed by atoms with Crippen LogP contribution in [0.25, 0.3) is 0 Å². The molecule has 0 unspecified atom stereocenters. The molecular weight excluding hydrogens is 350 g/mol. The van der Waals surface area contributed by atoms with Crippen molar-refractivity contribution in [1.82, 2.24) is 4.31 Å². The number of ether oxygens (including phenoxy) is 2. The second-order valence-electron chi connectivity index (χ2n) is 7.24. The fraction of sp³-hybridized carbons (Fsp3) is 0.400. The summed E-state index contributed by atoms with van der Waals surface area (Å²) in [6.07, 6.45) is 1.68. The molecule has 1 aliphatic rings. The molecule has 1 aliphatic heterocycles. The molecule has 0 radical (unpaired) electrons. The third-order valence-electron chi connectivity index (χ3n) is 4.69. The lowest BCUT2D eigenvalue weighted by Crippen LogP contribution is -2.33. The van der Waals surface area contributed by atoms with Crippen LogP contribution in [0, 0.1) is 0 Å². The van der Waals surface area contributed by atoms with Crippen LogP contribution in [0.2, 0.25) is 0 Å². The van der Waals surface area contributed by atoms with E-state index in [2.05, 4.69) is 0 Å². The average Bonchev–Trinajstić information content (AvgIpc) is 2.61. The van der Waals surface area contributed by atoms with Gasteiger partial charge in [0.25, 0.3) is 0 Å². The van der Waals surface area contributed by atoms with E-state index in [4.69, 9.17) is 9.47 Å². The maximum Gasteiger partial charge on any atom is 0.243 e. The number of aryl methyl sites for hydroxylation is 1. The Morgan fingerprint density at radius 2 is 1.85 bits per heavy atom. The van der Waals surface area contributed by atoms with Gasteiger partial charge in [-0.1, -0.05) is 12.1 Å². The van der Waals surface area contributed by atoms with Crippen molar-refractivity contribution >= 4 is 10.0 Å². The molecule has 6 heteroatoms. The first kappa shape index (κ1) is 18.7. The van der Waals surface area contributed by atoms with Gasteiger partial charge in [0.2, 0.25) is 10.0 Å². The van der Waals surface area contributed by atoms with E-state index in [0.717, 1.165) is 35.5 Å². The number of benzene rings is 2. The van der Waals surface area contributed by atoms with Gasteiger partial charge in [-0.3, -0.25) is 0 Å². The van der Waals surface area contributed by atoms with Crippen molar-refractivity contribution in [3.8, 4) is 11.5 Å². The number of hydrogen-bond donors (Lipinski definition) is 0. The molecule has 0 saturated heterocycles. The molecule has 0 N–H and O–H groups in total. The minimum Gasteiger partial charge on any atom is -0.497 e. The lowest BCUT2D eigenvalue weighted by Gasteiger charge is -2.32. The Balaban J connectivity index is 1.81. The summed E-state index contributed by atoms with van der Waals surface area (Å²) in [5.74, 6) is 1.52. The monoisotopic (exact) mass is 375 g/mol. The SMILES string of the molecule is COc1ccc(CN(C)S(=O)(=O)c2ccc3c(c2)CCC(C)(C)O3)cc1. The van der Waals surface area contributed by atoms with E-state index in [0.29, 0.717) is 11.4 Å². The maximum atomic E-state index is 12.9. The molecule has 0 aromatic heterocycles. The van der Waals surface area contributed by atoms with Crippen molar-refractivity contribution in [3.63, 3.8) is 0 Å². The minimum absolute atomic E-state index is 0.210. The van der Waals surface area contributed by atoms with Gasteiger partial charge in [-0.05, 0) is 68.1 Å². The smallest absolute Gasteiger partial charge is 0.243 e. The van der Waals surface area contributed by atoms with E-state index in [1.807, 2.05) is 38.1 Å². The molecule has 1 heterocycles. The highest BCUT2D eigenvalue weighted by Crippen LogP contribution is 2.34. The first-order valence-electron chi connectivity index (χ1n) is 8.62. The number of methoxy groups -OCH3 is 1. The summed E-state index contributed by atoms with van der Waals surface area (Å²) in [5, 5.41) is 0. The Morgan fingerprint density at radius 3 is 2.50 bits per heavy atom. The molecule has 5 nitrogen and oxygen atoms in total. The summed E-state index contributed by atoms with van der Waals surface area (Å²) >= 11 is 0. The molecule has 26 heavy (non-hydrogen) atoms. The fourth-order valence-corrected chi connectivity index (χ4v) is 4.26. The van der Waals surface area contributed by atoms with E-state index in [9.17, 15) is 8.42 Å². The Labute approximate surface area is 155 Å². The maximum absolute atomic E-state index is 12.9. The Kier molecular flexibility index (Phi) is 4.99. The third kappa shape index (κ3) is 3.86. The van der Waals surface area contributed by atoms with Crippen LogP contribution in [0.1, 0.15) is 31.4 Å². The Morgan fingerprint density at radius 1 is 1.15 bits per heavy atom. The van der Waals surface area contributed by atoms with Gasteiger partial charge in [0.1, 0.15) is 17.1 Å². The molecule has 0 amide bonds. The van der Waals surface area contributed by atoms with Crippen molar-refractivity contribution in [2.45, 2.75) is 43.7 Å². The zero-order valence-corrected chi connectivity index (χ0v) is 16.5. The topological polar surface area (TPSA) is 55.8 Å². The predicted molar refractivity (Wildman–Crippen MR) is 101 cm³/mol. The highest BCUT2D eigenvalue weighted by molar-refractivity contribution is 7.89. The Bertz CT molecular complexity index is 889. The van der Waals surface area contributed by atoms with Gasteiger partial charge in [0.05, 0.1) is 12.0 Å². The number of hydrogen-bond acceptors (Lipinski definition) is 4. The van der Waals surface area contributed by atoms with Crippen LogP contribution in [-0.4, -0.2) is 32.5 Å². The summed E-state index contributed by atoms with van der Waals surface area (Å²) in [5.41, 5.74) is 1.64.